The van der Waals surface area contributed by atoms with E-state index in [2.05, 4.69) is 52.1 Å². The summed E-state index contributed by atoms with van der Waals surface area (Å²) in [5.41, 5.74) is 4.24. The molecule has 2 aromatic carbocycles. The number of aliphatic imine (C=N–C) groups is 1. The van der Waals surface area contributed by atoms with Gasteiger partial charge in [-0.1, -0.05) is 37.3 Å². The van der Waals surface area contributed by atoms with E-state index in [-0.39, 0.29) is 29.9 Å². The number of rotatable bonds is 8. The summed E-state index contributed by atoms with van der Waals surface area (Å²) in [6.45, 7) is 7.66. The molecule has 0 spiro atoms. The van der Waals surface area contributed by atoms with Crippen LogP contribution in [0.4, 0.5) is 5.69 Å². The monoisotopic (exact) mass is 510 g/mol. The zero-order valence-corrected chi connectivity index (χ0v) is 19.9. The molecule has 0 unspecified atom stereocenters. The molecule has 0 heterocycles. The second kappa shape index (κ2) is 13.0. The maximum Gasteiger partial charge on any atom is 0.221 e. The first-order valence-corrected chi connectivity index (χ1v) is 9.60. The Kier molecular flexibility index (Phi) is 11.1. The normalized spacial score (nSPS) is 10.7. The summed E-state index contributed by atoms with van der Waals surface area (Å²) >= 11 is 0. The Labute approximate surface area is 190 Å². The van der Waals surface area contributed by atoms with E-state index in [9.17, 15) is 4.79 Å². The highest BCUT2D eigenvalue weighted by Gasteiger charge is 2.07. The SMILES string of the molecule is CCNC(=NCc1ccc(OC)c(NC(C)=O)c1)NCc1ccccc1CC.I. The van der Waals surface area contributed by atoms with Gasteiger partial charge in [-0.15, -0.1) is 24.0 Å². The van der Waals surface area contributed by atoms with E-state index in [1.54, 1.807) is 7.11 Å². The number of hydrogen-bond acceptors (Lipinski definition) is 3. The predicted octanol–water partition coefficient (Wildman–Crippen LogP) is 4.09. The smallest absolute Gasteiger partial charge is 0.221 e. The number of guanidine groups is 1. The van der Waals surface area contributed by atoms with E-state index in [0.29, 0.717) is 18.0 Å². The molecular formula is C22H31IN4O2. The van der Waals surface area contributed by atoms with Crippen LogP contribution in [0.1, 0.15) is 37.5 Å². The van der Waals surface area contributed by atoms with Gasteiger partial charge >= 0.3 is 0 Å². The molecule has 0 atom stereocenters. The van der Waals surface area contributed by atoms with Gasteiger partial charge in [-0.05, 0) is 42.2 Å². The van der Waals surface area contributed by atoms with Crippen LogP contribution in [-0.4, -0.2) is 25.5 Å². The minimum Gasteiger partial charge on any atom is -0.495 e. The Balaban J connectivity index is 0.00000420. The Morgan fingerprint density at radius 2 is 1.79 bits per heavy atom. The van der Waals surface area contributed by atoms with E-state index < -0.39 is 0 Å². The summed E-state index contributed by atoms with van der Waals surface area (Å²) in [5.74, 6) is 1.25. The molecule has 0 saturated heterocycles. The molecule has 0 saturated carbocycles. The quantitative estimate of drug-likeness (QED) is 0.284. The Hall–Kier alpha value is -2.29. The van der Waals surface area contributed by atoms with Crippen molar-refractivity contribution in [3.05, 3.63) is 59.2 Å². The number of benzene rings is 2. The van der Waals surface area contributed by atoms with Crippen molar-refractivity contribution in [2.45, 2.75) is 40.3 Å². The molecule has 0 aromatic heterocycles. The van der Waals surface area contributed by atoms with Gasteiger partial charge in [-0.3, -0.25) is 4.79 Å². The van der Waals surface area contributed by atoms with Gasteiger partial charge in [0.15, 0.2) is 5.96 Å². The zero-order valence-electron chi connectivity index (χ0n) is 17.5. The Morgan fingerprint density at radius 3 is 2.41 bits per heavy atom. The number of anilines is 1. The minimum atomic E-state index is -0.136. The summed E-state index contributed by atoms with van der Waals surface area (Å²) in [7, 11) is 1.58. The standard InChI is InChI=1S/C22H30N4O2.HI/c1-5-18-9-7-8-10-19(18)15-25-22(23-6-2)24-14-17-11-12-21(28-4)20(13-17)26-16(3)27;/h7-13H,5-6,14-15H2,1-4H3,(H,26,27)(H2,23,24,25);1H. The van der Waals surface area contributed by atoms with Crippen molar-refractivity contribution in [3.8, 4) is 5.75 Å². The molecule has 3 N–H and O–H groups in total. The molecule has 0 aliphatic carbocycles. The highest BCUT2D eigenvalue weighted by Crippen LogP contribution is 2.25. The highest BCUT2D eigenvalue weighted by atomic mass is 127. The average molecular weight is 510 g/mol. The summed E-state index contributed by atoms with van der Waals surface area (Å²) < 4.78 is 5.30. The van der Waals surface area contributed by atoms with Gasteiger partial charge in [0.2, 0.25) is 5.91 Å². The van der Waals surface area contributed by atoms with Crippen molar-refractivity contribution in [1.82, 2.24) is 10.6 Å². The van der Waals surface area contributed by atoms with Crippen molar-refractivity contribution in [1.29, 1.82) is 0 Å². The van der Waals surface area contributed by atoms with E-state index in [1.165, 1.54) is 18.1 Å². The third-order valence-corrected chi connectivity index (χ3v) is 4.28. The molecule has 0 aliphatic heterocycles. The van der Waals surface area contributed by atoms with Crippen LogP contribution in [0.3, 0.4) is 0 Å². The number of nitrogens with zero attached hydrogens (tertiary/aromatic N) is 1. The summed E-state index contributed by atoms with van der Waals surface area (Å²) in [5, 5.41) is 9.46. The molecule has 0 radical (unpaired) electrons. The summed E-state index contributed by atoms with van der Waals surface area (Å²) in [6.07, 6.45) is 1.00. The largest absolute Gasteiger partial charge is 0.495 e. The molecule has 0 fully saturated rings. The van der Waals surface area contributed by atoms with Crippen LogP contribution in [0.5, 0.6) is 5.75 Å². The van der Waals surface area contributed by atoms with Crippen molar-refractivity contribution in [2.24, 2.45) is 4.99 Å². The van der Waals surface area contributed by atoms with Crippen LogP contribution >= 0.6 is 24.0 Å². The second-order valence-corrected chi connectivity index (χ2v) is 6.39. The minimum absolute atomic E-state index is 0. The lowest BCUT2D eigenvalue weighted by atomic mass is 10.1. The number of aryl methyl sites for hydroxylation is 1. The number of hydrogen-bond donors (Lipinski definition) is 3. The molecule has 29 heavy (non-hydrogen) atoms. The van der Waals surface area contributed by atoms with Crippen LogP contribution in [0.2, 0.25) is 0 Å². The van der Waals surface area contributed by atoms with Gasteiger partial charge in [0.05, 0.1) is 19.3 Å². The first kappa shape index (κ1) is 24.7. The lowest BCUT2D eigenvalue weighted by Gasteiger charge is -2.14. The number of amides is 1. The topological polar surface area (TPSA) is 74.8 Å². The number of methoxy groups -OCH3 is 1. The third-order valence-electron chi connectivity index (χ3n) is 4.28. The second-order valence-electron chi connectivity index (χ2n) is 6.39. The van der Waals surface area contributed by atoms with Crippen LogP contribution < -0.4 is 20.7 Å². The van der Waals surface area contributed by atoms with Crippen LogP contribution in [0.25, 0.3) is 0 Å². The molecule has 2 aromatic rings. The fraction of sp³-hybridized carbons (Fsp3) is 0.364. The fourth-order valence-electron chi connectivity index (χ4n) is 2.91. The van der Waals surface area contributed by atoms with Crippen LogP contribution in [-0.2, 0) is 24.3 Å². The Morgan fingerprint density at radius 1 is 1.07 bits per heavy atom. The average Bonchev–Trinajstić information content (AvgIpc) is 2.70. The van der Waals surface area contributed by atoms with E-state index in [0.717, 1.165) is 31.0 Å². The summed E-state index contributed by atoms with van der Waals surface area (Å²) in [6, 6.07) is 14.1. The van der Waals surface area contributed by atoms with Crippen molar-refractivity contribution in [3.63, 3.8) is 0 Å². The van der Waals surface area contributed by atoms with E-state index >= 15 is 0 Å². The molecule has 7 heteroatoms. The van der Waals surface area contributed by atoms with Crippen molar-refractivity contribution in [2.75, 3.05) is 19.0 Å². The maximum absolute atomic E-state index is 11.4. The Bertz CT molecular complexity index is 824. The third kappa shape index (κ3) is 7.92. The van der Waals surface area contributed by atoms with Gasteiger partial charge in [-0.2, -0.15) is 0 Å². The molecule has 6 nitrogen and oxygen atoms in total. The number of ether oxygens (including phenoxy) is 1. The van der Waals surface area contributed by atoms with Gasteiger partial charge in [0.1, 0.15) is 5.75 Å². The van der Waals surface area contributed by atoms with Gasteiger partial charge in [-0.25, -0.2) is 4.99 Å². The van der Waals surface area contributed by atoms with Crippen molar-refractivity contribution >= 4 is 41.5 Å². The fourth-order valence-corrected chi connectivity index (χ4v) is 2.91. The van der Waals surface area contributed by atoms with E-state index in [1.807, 2.05) is 25.1 Å². The predicted molar refractivity (Wildman–Crippen MR) is 130 cm³/mol. The molecule has 1 amide bonds. The van der Waals surface area contributed by atoms with Crippen LogP contribution in [0, 0.1) is 0 Å². The molecule has 0 bridgehead atoms. The van der Waals surface area contributed by atoms with Gasteiger partial charge in [0, 0.05) is 20.0 Å². The molecule has 2 rings (SSSR count). The number of halogens is 1. The van der Waals surface area contributed by atoms with Crippen LogP contribution in [0.15, 0.2) is 47.5 Å². The highest BCUT2D eigenvalue weighted by molar-refractivity contribution is 14.0. The maximum atomic E-state index is 11.4. The number of carbonyl (C=O) groups excluding carboxylic acids is 1. The zero-order chi connectivity index (χ0) is 20.4. The lowest BCUT2D eigenvalue weighted by Crippen LogP contribution is -2.37. The lowest BCUT2D eigenvalue weighted by molar-refractivity contribution is -0.114. The molecule has 158 valence electrons. The van der Waals surface area contributed by atoms with Gasteiger partial charge < -0.3 is 20.7 Å². The molecule has 0 aliphatic rings. The first-order chi connectivity index (χ1) is 13.6. The van der Waals surface area contributed by atoms with Gasteiger partial charge in [0.25, 0.3) is 0 Å². The number of carbonyl (C=O) groups is 1. The first-order valence-electron chi connectivity index (χ1n) is 9.60. The summed E-state index contributed by atoms with van der Waals surface area (Å²) in [4.78, 5) is 16.1. The molecular weight excluding hydrogens is 479 g/mol. The number of nitrogens with one attached hydrogen (secondary N) is 3. The van der Waals surface area contributed by atoms with E-state index in [4.69, 9.17) is 4.74 Å². The van der Waals surface area contributed by atoms with Crippen molar-refractivity contribution < 1.29 is 9.53 Å².